The highest BCUT2D eigenvalue weighted by atomic mass is 16.6. The maximum Gasteiger partial charge on any atom is 0.340 e. The molecule has 0 spiro atoms. The summed E-state index contributed by atoms with van der Waals surface area (Å²) in [4.78, 5) is 39.3. The fraction of sp³-hybridized carbons (Fsp3) is 0.444. The number of ether oxygens (including phenoxy) is 2. The molecule has 0 aromatic carbocycles. The molecule has 4 heterocycles. The van der Waals surface area contributed by atoms with Crippen molar-refractivity contribution in [1.29, 1.82) is 0 Å². The van der Waals surface area contributed by atoms with Crippen LogP contribution in [-0.4, -0.2) is 57.5 Å². The number of nitrogens with one attached hydrogen (secondary N) is 1. The fourth-order valence-corrected chi connectivity index (χ4v) is 4.13. The number of amides is 1. The van der Waals surface area contributed by atoms with Crippen LogP contribution in [0.2, 0.25) is 0 Å². The minimum Gasteiger partial charge on any atom is -0.475 e. The number of carbonyl (C=O) groups excluding carboxylic acids is 2. The first kappa shape index (κ1) is 26.3. The van der Waals surface area contributed by atoms with E-state index in [2.05, 4.69) is 15.3 Å². The summed E-state index contributed by atoms with van der Waals surface area (Å²) in [7, 11) is 1.72. The second kappa shape index (κ2) is 9.59. The summed E-state index contributed by atoms with van der Waals surface area (Å²) in [5.41, 5.74) is 7.13. The SMILES string of the molecule is CC(=O)N(C)CCOc1ncc(C(C)(C)N)c2cc(Nc3ccc4c(n3)[C@@H](C)C(C)(C)OC4=O)ncc12. The number of cyclic esters (lactones) is 1. The Morgan fingerprint density at radius 1 is 1.22 bits per heavy atom. The van der Waals surface area contributed by atoms with Gasteiger partial charge in [0.25, 0.3) is 0 Å². The van der Waals surface area contributed by atoms with Gasteiger partial charge in [-0.2, -0.15) is 0 Å². The summed E-state index contributed by atoms with van der Waals surface area (Å²) in [6, 6.07) is 5.35. The third-order valence-electron chi connectivity index (χ3n) is 6.84. The minimum atomic E-state index is -0.664. The van der Waals surface area contributed by atoms with Crippen molar-refractivity contribution in [2.45, 2.75) is 58.6 Å². The Hall–Kier alpha value is -3.79. The minimum absolute atomic E-state index is 0.0373. The van der Waals surface area contributed by atoms with Crippen molar-refractivity contribution < 1.29 is 19.1 Å². The number of anilines is 2. The molecule has 1 atom stereocenters. The van der Waals surface area contributed by atoms with Crippen LogP contribution in [0, 0.1) is 0 Å². The van der Waals surface area contributed by atoms with Crippen LogP contribution in [0.4, 0.5) is 11.6 Å². The van der Waals surface area contributed by atoms with Gasteiger partial charge in [-0.1, -0.05) is 6.92 Å². The van der Waals surface area contributed by atoms with E-state index in [1.54, 1.807) is 36.5 Å². The highest BCUT2D eigenvalue weighted by molar-refractivity contribution is 5.93. The molecular weight excluding hydrogens is 472 g/mol. The number of nitrogens with zero attached hydrogens (tertiary/aromatic N) is 4. The quantitative estimate of drug-likeness (QED) is 0.458. The Morgan fingerprint density at radius 2 is 1.95 bits per heavy atom. The van der Waals surface area contributed by atoms with Gasteiger partial charge in [-0.15, -0.1) is 0 Å². The smallest absolute Gasteiger partial charge is 0.340 e. The lowest BCUT2D eigenvalue weighted by atomic mass is 9.84. The van der Waals surface area contributed by atoms with Gasteiger partial charge in [-0.3, -0.25) is 4.79 Å². The molecule has 1 amide bonds. The van der Waals surface area contributed by atoms with Crippen molar-refractivity contribution in [3.63, 3.8) is 0 Å². The Bertz CT molecular complexity index is 1360. The van der Waals surface area contributed by atoms with Gasteiger partial charge in [-0.25, -0.2) is 19.7 Å². The Morgan fingerprint density at radius 3 is 2.62 bits per heavy atom. The first-order chi connectivity index (χ1) is 17.3. The van der Waals surface area contributed by atoms with E-state index in [9.17, 15) is 9.59 Å². The van der Waals surface area contributed by atoms with Crippen molar-refractivity contribution in [2.75, 3.05) is 25.5 Å². The summed E-state index contributed by atoms with van der Waals surface area (Å²) < 4.78 is 11.5. The second-order valence-electron chi connectivity index (χ2n) is 10.6. The van der Waals surface area contributed by atoms with Gasteiger partial charge >= 0.3 is 5.97 Å². The predicted octanol–water partition coefficient (Wildman–Crippen LogP) is 3.87. The summed E-state index contributed by atoms with van der Waals surface area (Å²) in [6.07, 6.45) is 3.40. The largest absolute Gasteiger partial charge is 0.475 e. The molecule has 4 rings (SSSR count). The van der Waals surface area contributed by atoms with Crippen molar-refractivity contribution >= 4 is 34.3 Å². The normalized spacial score (nSPS) is 16.6. The van der Waals surface area contributed by atoms with E-state index in [-0.39, 0.29) is 17.8 Å². The lowest BCUT2D eigenvalue weighted by Gasteiger charge is -2.36. The van der Waals surface area contributed by atoms with Gasteiger partial charge in [0.1, 0.15) is 23.8 Å². The fourth-order valence-electron chi connectivity index (χ4n) is 4.13. The molecule has 10 nitrogen and oxygen atoms in total. The van der Waals surface area contributed by atoms with Gasteiger partial charge in [0.05, 0.1) is 23.2 Å². The van der Waals surface area contributed by atoms with Gasteiger partial charge < -0.3 is 25.4 Å². The van der Waals surface area contributed by atoms with Crippen molar-refractivity contribution in [3.8, 4) is 5.88 Å². The van der Waals surface area contributed by atoms with Gasteiger partial charge in [0, 0.05) is 37.8 Å². The zero-order valence-electron chi connectivity index (χ0n) is 22.4. The number of hydrogen-bond donors (Lipinski definition) is 2. The molecule has 10 heteroatoms. The van der Waals surface area contributed by atoms with Crippen molar-refractivity contribution in [3.05, 3.63) is 47.4 Å². The van der Waals surface area contributed by atoms with E-state index in [0.717, 1.165) is 10.9 Å². The molecule has 3 aromatic heterocycles. The van der Waals surface area contributed by atoms with Gasteiger partial charge in [0.15, 0.2) is 0 Å². The number of nitrogens with two attached hydrogens (primary N) is 1. The van der Waals surface area contributed by atoms with Crippen LogP contribution in [0.25, 0.3) is 10.8 Å². The zero-order valence-corrected chi connectivity index (χ0v) is 22.4. The van der Waals surface area contributed by atoms with E-state index >= 15 is 0 Å². The molecule has 1 aliphatic heterocycles. The number of likely N-dealkylation sites (N-methyl/N-ethyl adjacent to an activating group) is 1. The number of fused-ring (bicyclic) bond motifs is 2. The Kier molecular flexibility index (Phi) is 6.81. The maximum atomic E-state index is 12.4. The molecular formula is C27H34N6O4. The zero-order chi connectivity index (χ0) is 27.1. The maximum absolute atomic E-state index is 12.4. The molecule has 0 unspecified atom stereocenters. The third-order valence-corrected chi connectivity index (χ3v) is 6.84. The predicted molar refractivity (Wildman–Crippen MR) is 141 cm³/mol. The number of pyridine rings is 3. The van der Waals surface area contributed by atoms with Crippen molar-refractivity contribution in [2.24, 2.45) is 5.73 Å². The van der Waals surface area contributed by atoms with E-state index in [4.69, 9.17) is 20.2 Å². The van der Waals surface area contributed by atoms with E-state index in [1.807, 2.05) is 40.7 Å². The number of aromatic nitrogens is 3. The van der Waals surface area contributed by atoms with Crippen molar-refractivity contribution in [1.82, 2.24) is 19.9 Å². The molecule has 0 bridgehead atoms. The molecule has 0 radical (unpaired) electrons. The van der Waals surface area contributed by atoms with E-state index in [1.165, 1.54) is 6.92 Å². The molecule has 0 saturated carbocycles. The van der Waals surface area contributed by atoms with Crippen LogP contribution in [0.15, 0.2) is 30.6 Å². The van der Waals surface area contributed by atoms with Crippen LogP contribution < -0.4 is 15.8 Å². The van der Waals surface area contributed by atoms with Crippen LogP contribution in [-0.2, 0) is 15.1 Å². The number of carbonyl (C=O) groups is 2. The molecule has 3 aromatic rings. The first-order valence-electron chi connectivity index (χ1n) is 12.2. The van der Waals surface area contributed by atoms with Crippen LogP contribution in [0.1, 0.15) is 69.1 Å². The first-order valence-corrected chi connectivity index (χ1v) is 12.2. The molecule has 0 aliphatic carbocycles. The van der Waals surface area contributed by atoms with Crippen LogP contribution in [0.5, 0.6) is 5.88 Å². The van der Waals surface area contributed by atoms with E-state index in [0.29, 0.717) is 47.3 Å². The summed E-state index contributed by atoms with van der Waals surface area (Å²) >= 11 is 0. The molecule has 3 N–H and O–H groups in total. The summed E-state index contributed by atoms with van der Waals surface area (Å²) in [5, 5.41) is 4.81. The average Bonchev–Trinajstić information content (AvgIpc) is 2.81. The standard InChI is InChI=1S/C27H34N6O4/c1-15-23-17(25(35)37-27(15,5)6)8-9-21(32-23)31-22-12-18-19(13-29-22)24(30-14-20(18)26(3,4)28)36-11-10-33(7)16(2)34/h8-9,12-15H,10-11,28H2,1-7H3,(H,29,31,32)/t15-/m1/s1. The van der Waals surface area contributed by atoms with E-state index < -0.39 is 11.1 Å². The topological polar surface area (TPSA) is 133 Å². The highest BCUT2D eigenvalue weighted by Crippen LogP contribution is 2.38. The Balaban J connectivity index is 1.67. The molecule has 196 valence electrons. The third kappa shape index (κ3) is 5.34. The van der Waals surface area contributed by atoms with Gasteiger partial charge in [-0.05, 0) is 56.8 Å². The van der Waals surface area contributed by atoms with Gasteiger partial charge in [0.2, 0.25) is 11.8 Å². The Labute approximate surface area is 216 Å². The molecule has 37 heavy (non-hydrogen) atoms. The monoisotopic (exact) mass is 506 g/mol. The summed E-state index contributed by atoms with van der Waals surface area (Å²) in [5.74, 6) is 1.05. The second-order valence-corrected chi connectivity index (χ2v) is 10.6. The average molecular weight is 507 g/mol. The molecule has 0 fully saturated rings. The summed E-state index contributed by atoms with van der Waals surface area (Å²) in [6.45, 7) is 11.8. The number of rotatable bonds is 7. The molecule has 0 saturated heterocycles. The lowest BCUT2D eigenvalue weighted by Crippen LogP contribution is -2.39. The lowest BCUT2D eigenvalue weighted by molar-refractivity contribution is -0.127. The number of hydrogen-bond acceptors (Lipinski definition) is 9. The number of esters is 1. The highest BCUT2D eigenvalue weighted by Gasteiger charge is 2.40. The molecule has 1 aliphatic rings. The van der Waals surface area contributed by atoms with Crippen LogP contribution >= 0.6 is 0 Å². The van der Waals surface area contributed by atoms with Crippen LogP contribution in [0.3, 0.4) is 0 Å².